The van der Waals surface area contributed by atoms with E-state index in [1.165, 1.54) is 0 Å². The molecule has 1 amide bonds. The minimum atomic E-state index is -0.862. The third-order valence-corrected chi connectivity index (χ3v) is 4.34. The number of amides is 1. The summed E-state index contributed by atoms with van der Waals surface area (Å²) < 4.78 is 5.48. The molecule has 136 valence electrons. The van der Waals surface area contributed by atoms with Gasteiger partial charge in [-0.2, -0.15) is 0 Å². The molecule has 1 saturated heterocycles. The maximum absolute atomic E-state index is 12.2. The van der Waals surface area contributed by atoms with Crippen molar-refractivity contribution >= 4 is 17.7 Å². The fourth-order valence-corrected chi connectivity index (χ4v) is 2.89. The van der Waals surface area contributed by atoms with Gasteiger partial charge in [0.05, 0.1) is 12.5 Å². The number of carbonyl (C=O) groups excluding carboxylic acids is 2. The van der Waals surface area contributed by atoms with E-state index in [1.54, 1.807) is 29.2 Å². The zero-order valence-corrected chi connectivity index (χ0v) is 14.6. The number of hydrogen-bond acceptors (Lipinski definition) is 4. The van der Waals surface area contributed by atoms with Gasteiger partial charge in [-0.3, -0.25) is 14.4 Å². The normalized spacial score (nSPS) is 17.2. The molecule has 1 fully saturated rings. The summed E-state index contributed by atoms with van der Waals surface area (Å²) in [4.78, 5) is 37.1. The average Bonchev–Trinajstić information content (AvgIpc) is 2.64. The number of likely N-dealkylation sites (tertiary alicyclic amines) is 1. The van der Waals surface area contributed by atoms with Crippen molar-refractivity contribution in [1.82, 2.24) is 4.90 Å². The van der Waals surface area contributed by atoms with Crippen molar-refractivity contribution in [3.05, 3.63) is 29.8 Å². The minimum absolute atomic E-state index is 0.0952. The molecular weight excluding hydrogens is 322 g/mol. The fourth-order valence-electron chi connectivity index (χ4n) is 2.89. The second kappa shape index (κ2) is 9.20. The van der Waals surface area contributed by atoms with E-state index in [0.717, 1.165) is 12.2 Å². The molecule has 1 aromatic rings. The third-order valence-electron chi connectivity index (χ3n) is 4.34. The molecular formula is C19H25NO5. The molecule has 0 saturated carbocycles. The lowest BCUT2D eigenvalue weighted by Crippen LogP contribution is -2.42. The van der Waals surface area contributed by atoms with Gasteiger partial charge in [0, 0.05) is 31.5 Å². The van der Waals surface area contributed by atoms with E-state index in [0.29, 0.717) is 31.6 Å². The first-order valence-corrected chi connectivity index (χ1v) is 8.78. The lowest BCUT2D eigenvalue weighted by molar-refractivity contribution is -0.145. The van der Waals surface area contributed by atoms with Gasteiger partial charge in [-0.15, -0.1) is 0 Å². The Morgan fingerprint density at radius 2 is 1.92 bits per heavy atom. The monoisotopic (exact) mass is 347 g/mol. The smallest absolute Gasteiger partial charge is 0.308 e. The van der Waals surface area contributed by atoms with Gasteiger partial charge in [0.25, 0.3) is 0 Å². The van der Waals surface area contributed by atoms with Crippen molar-refractivity contribution < 1.29 is 24.2 Å². The number of piperidine rings is 1. The van der Waals surface area contributed by atoms with E-state index in [2.05, 4.69) is 0 Å². The number of carboxylic acids is 1. The number of rotatable bonds is 8. The van der Waals surface area contributed by atoms with Gasteiger partial charge in [-0.1, -0.05) is 6.92 Å². The Hall–Kier alpha value is -2.37. The van der Waals surface area contributed by atoms with Crippen LogP contribution in [0.15, 0.2) is 24.3 Å². The summed E-state index contributed by atoms with van der Waals surface area (Å²) in [7, 11) is 0. The van der Waals surface area contributed by atoms with Gasteiger partial charge in [-0.25, -0.2) is 0 Å². The van der Waals surface area contributed by atoms with E-state index < -0.39 is 11.9 Å². The van der Waals surface area contributed by atoms with Crippen LogP contribution in [0.1, 0.15) is 49.4 Å². The maximum Gasteiger partial charge on any atom is 0.308 e. The highest BCUT2D eigenvalue weighted by atomic mass is 16.5. The Morgan fingerprint density at radius 1 is 1.20 bits per heavy atom. The fraction of sp³-hybridized carbons (Fsp3) is 0.526. The molecule has 2 rings (SSSR count). The van der Waals surface area contributed by atoms with Crippen molar-refractivity contribution in [2.24, 2.45) is 5.92 Å². The molecule has 0 radical (unpaired) electrons. The lowest BCUT2D eigenvalue weighted by Gasteiger charge is -2.30. The van der Waals surface area contributed by atoms with Crippen LogP contribution in [0, 0.1) is 5.92 Å². The van der Waals surface area contributed by atoms with Crippen molar-refractivity contribution in [1.29, 1.82) is 0 Å². The molecule has 1 heterocycles. The third kappa shape index (κ3) is 5.59. The molecule has 1 aliphatic rings. The van der Waals surface area contributed by atoms with Crippen molar-refractivity contribution in [3.8, 4) is 5.75 Å². The van der Waals surface area contributed by atoms with Crippen molar-refractivity contribution in [2.75, 3.05) is 19.7 Å². The summed E-state index contributed by atoms with van der Waals surface area (Å²) in [6.07, 6.45) is 2.45. The van der Waals surface area contributed by atoms with Crippen molar-refractivity contribution in [3.63, 3.8) is 0 Å². The summed E-state index contributed by atoms with van der Waals surface area (Å²) in [6.45, 7) is 3.47. The van der Waals surface area contributed by atoms with E-state index in [1.807, 2.05) is 6.92 Å². The summed E-state index contributed by atoms with van der Waals surface area (Å²) in [5.41, 5.74) is 0.554. The first-order valence-electron chi connectivity index (χ1n) is 8.78. The summed E-state index contributed by atoms with van der Waals surface area (Å²) in [5.74, 6) is -0.880. The molecule has 6 heteroatoms. The Labute approximate surface area is 147 Å². The Morgan fingerprint density at radius 3 is 2.56 bits per heavy atom. The van der Waals surface area contributed by atoms with Crippen molar-refractivity contribution in [2.45, 2.75) is 39.0 Å². The zero-order valence-electron chi connectivity index (χ0n) is 14.6. The molecule has 1 atom stereocenters. The molecule has 1 aromatic carbocycles. The maximum atomic E-state index is 12.2. The van der Waals surface area contributed by atoms with Crippen LogP contribution in [-0.2, 0) is 9.59 Å². The van der Waals surface area contributed by atoms with Gasteiger partial charge in [0.15, 0.2) is 5.78 Å². The van der Waals surface area contributed by atoms with E-state index in [-0.39, 0.29) is 31.1 Å². The quantitative estimate of drug-likeness (QED) is 0.731. The van der Waals surface area contributed by atoms with Crippen LogP contribution < -0.4 is 4.74 Å². The number of ether oxygens (including phenoxy) is 1. The second-order valence-corrected chi connectivity index (χ2v) is 6.31. The van der Waals surface area contributed by atoms with Crippen LogP contribution in [0.25, 0.3) is 0 Å². The molecule has 1 N–H and O–H groups in total. The van der Waals surface area contributed by atoms with Crippen LogP contribution in [-0.4, -0.2) is 47.4 Å². The molecule has 0 bridgehead atoms. The molecule has 0 spiro atoms. The topological polar surface area (TPSA) is 83.9 Å². The highest BCUT2D eigenvalue weighted by molar-refractivity contribution is 5.98. The number of aliphatic carboxylic acids is 1. The lowest BCUT2D eigenvalue weighted by atomic mass is 9.97. The van der Waals surface area contributed by atoms with Gasteiger partial charge in [0.2, 0.25) is 5.91 Å². The molecule has 0 aromatic heterocycles. The SMILES string of the molecule is CCCOc1ccc(C(=O)CCC(=O)N2CCCC(C(=O)O)C2)cc1. The molecule has 25 heavy (non-hydrogen) atoms. The molecule has 0 aliphatic carbocycles. The summed E-state index contributed by atoms with van der Waals surface area (Å²) >= 11 is 0. The van der Waals surface area contributed by atoms with E-state index in [4.69, 9.17) is 9.84 Å². The number of carboxylic acid groups (broad SMARTS) is 1. The van der Waals surface area contributed by atoms with Crippen LogP contribution in [0.4, 0.5) is 0 Å². The van der Waals surface area contributed by atoms with E-state index in [9.17, 15) is 14.4 Å². The average molecular weight is 347 g/mol. The minimum Gasteiger partial charge on any atom is -0.494 e. The van der Waals surface area contributed by atoms with Gasteiger partial charge >= 0.3 is 5.97 Å². The standard InChI is InChI=1S/C19H25NO5/c1-2-12-25-16-7-5-14(6-8-16)17(21)9-10-18(22)20-11-3-4-15(13-20)19(23)24/h5-8,15H,2-4,9-13H2,1H3,(H,23,24). The zero-order chi connectivity index (χ0) is 18.2. The van der Waals surface area contributed by atoms with E-state index >= 15 is 0 Å². The Balaban J connectivity index is 1.82. The molecule has 1 unspecified atom stereocenters. The predicted molar refractivity (Wildman–Crippen MR) is 92.7 cm³/mol. The second-order valence-electron chi connectivity index (χ2n) is 6.31. The number of nitrogens with zero attached hydrogens (tertiary/aromatic N) is 1. The van der Waals surface area contributed by atoms with Crippen LogP contribution in [0.5, 0.6) is 5.75 Å². The number of hydrogen-bond donors (Lipinski definition) is 1. The summed E-state index contributed by atoms with van der Waals surface area (Å²) in [5, 5.41) is 9.08. The first-order chi connectivity index (χ1) is 12.0. The first kappa shape index (κ1) is 19.0. The van der Waals surface area contributed by atoms with Crippen LogP contribution >= 0.6 is 0 Å². The largest absolute Gasteiger partial charge is 0.494 e. The highest BCUT2D eigenvalue weighted by Gasteiger charge is 2.28. The van der Waals surface area contributed by atoms with Gasteiger partial charge in [-0.05, 0) is 43.5 Å². The Bertz CT molecular complexity index is 611. The number of carbonyl (C=O) groups is 3. The molecule has 6 nitrogen and oxygen atoms in total. The number of Topliss-reactive ketones (excluding diaryl/α,β-unsaturated/α-hetero) is 1. The predicted octanol–water partition coefficient (Wildman–Crippen LogP) is 2.76. The highest BCUT2D eigenvalue weighted by Crippen LogP contribution is 2.19. The molecule has 1 aliphatic heterocycles. The van der Waals surface area contributed by atoms with Gasteiger partial charge in [0.1, 0.15) is 5.75 Å². The number of benzene rings is 1. The van der Waals surface area contributed by atoms with Gasteiger partial charge < -0.3 is 14.7 Å². The number of ketones is 1. The van der Waals surface area contributed by atoms with Crippen LogP contribution in [0.3, 0.4) is 0 Å². The Kier molecular flexibility index (Phi) is 6.98. The summed E-state index contributed by atoms with van der Waals surface area (Å²) in [6, 6.07) is 6.93. The van der Waals surface area contributed by atoms with Crippen LogP contribution in [0.2, 0.25) is 0 Å².